The van der Waals surface area contributed by atoms with Gasteiger partial charge in [0.2, 0.25) is 0 Å². The third-order valence-electron chi connectivity index (χ3n) is 4.19. The van der Waals surface area contributed by atoms with Gasteiger partial charge in [-0.05, 0) is 55.7 Å². The van der Waals surface area contributed by atoms with E-state index in [1.165, 1.54) is 42.4 Å². The molecule has 0 spiro atoms. The zero-order valence-corrected chi connectivity index (χ0v) is 14.3. The number of ketones is 1. The molecule has 0 unspecified atom stereocenters. The summed E-state index contributed by atoms with van der Waals surface area (Å²) in [7, 11) is -1.12. The average Bonchev–Trinajstić information content (AvgIpc) is 2.70. The molecule has 2 rings (SSSR count). The van der Waals surface area contributed by atoms with Crippen molar-refractivity contribution in [1.29, 1.82) is 0 Å². The molecular weight excluding hydrogens is 260 g/mol. The van der Waals surface area contributed by atoms with Crippen LogP contribution >= 0.6 is 0 Å². The standard InChI is InChI=1S/C18H28OSi/c1-14(13-20(2,3)4)12-17-16(10-11-18(17)19)15-8-6-5-7-9-15/h8H,1,5-7,9-13H2,2-4H3. The van der Waals surface area contributed by atoms with Crippen LogP contribution in [0.1, 0.15) is 44.9 Å². The van der Waals surface area contributed by atoms with Crippen LogP contribution in [0.5, 0.6) is 0 Å². The normalized spacial score (nSPS) is 20.4. The van der Waals surface area contributed by atoms with Crippen molar-refractivity contribution in [2.45, 2.75) is 70.6 Å². The summed E-state index contributed by atoms with van der Waals surface area (Å²) >= 11 is 0. The van der Waals surface area contributed by atoms with Gasteiger partial charge in [-0.15, -0.1) is 0 Å². The summed E-state index contributed by atoms with van der Waals surface area (Å²) in [5, 5.41) is 0. The number of carbonyl (C=O) groups is 1. The molecule has 0 amide bonds. The number of hydrogen-bond donors (Lipinski definition) is 0. The van der Waals surface area contributed by atoms with Gasteiger partial charge in [-0.1, -0.05) is 37.9 Å². The van der Waals surface area contributed by atoms with Gasteiger partial charge in [0.1, 0.15) is 0 Å². The first-order valence-electron chi connectivity index (χ1n) is 7.98. The third kappa shape index (κ3) is 4.05. The fourth-order valence-electron chi connectivity index (χ4n) is 3.44. The lowest BCUT2D eigenvalue weighted by Crippen LogP contribution is -2.20. The lowest BCUT2D eigenvalue weighted by molar-refractivity contribution is -0.115. The minimum atomic E-state index is -1.12. The highest BCUT2D eigenvalue weighted by Crippen LogP contribution is 2.37. The molecule has 110 valence electrons. The molecule has 2 aliphatic rings. The van der Waals surface area contributed by atoms with Crippen LogP contribution in [-0.4, -0.2) is 13.9 Å². The molecule has 0 aliphatic heterocycles. The van der Waals surface area contributed by atoms with E-state index in [0.29, 0.717) is 5.78 Å². The molecular formula is C18H28OSi. The van der Waals surface area contributed by atoms with E-state index in [2.05, 4.69) is 32.3 Å². The highest BCUT2D eigenvalue weighted by Gasteiger charge is 2.26. The zero-order valence-electron chi connectivity index (χ0n) is 13.3. The van der Waals surface area contributed by atoms with Crippen LogP contribution in [0.2, 0.25) is 25.7 Å². The van der Waals surface area contributed by atoms with E-state index < -0.39 is 8.07 Å². The summed E-state index contributed by atoms with van der Waals surface area (Å²) in [5.74, 6) is 0.378. The minimum Gasteiger partial charge on any atom is -0.295 e. The Bertz CT molecular complexity index is 474. The Morgan fingerprint density at radius 3 is 2.55 bits per heavy atom. The summed E-state index contributed by atoms with van der Waals surface area (Å²) in [6, 6.07) is 1.14. The molecule has 0 radical (unpaired) electrons. The van der Waals surface area contributed by atoms with Crippen molar-refractivity contribution in [2.24, 2.45) is 0 Å². The monoisotopic (exact) mass is 288 g/mol. The van der Waals surface area contributed by atoms with Crippen LogP contribution in [0.15, 0.2) is 34.9 Å². The van der Waals surface area contributed by atoms with Crippen molar-refractivity contribution in [3.05, 3.63) is 34.9 Å². The second kappa shape index (κ2) is 6.25. The van der Waals surface area contributed by atoms with Crippen molar-refractivity contribution in [2.75, 3.05) is 0 Å². The largest absolute Gasteiger partial charge is 0.295 e. The molecule has 0 N–H and O–H groups in total. The van der Waals surface area contributed by atoms with Crippen molar-refractivity contribution in [3.63, 3.8) is 0 Å². The minimum absolute atomic E-state index is 0.378. The molecule has 0 aromatic carbocycles. The average molecular weight is 289 g/mol. The van der Waals surface area contributed by atoms with Crippen LogP contribution in [0.4, 0.5) is 0 Å². The lowest BCUT2D eigenvalue weighted by Gasteiger charge is -2.19. The number of Topliss-reactive ketones (excluding diaryl/α,β-unsaturated/α-hetero) is 1. The van der Waals surface area contributed by atoms with Gasteiger partial charge in [0.05, 0.1) is 0 Å². The van der Waals surface area contributed by atoms with E-state index in [0.717, 1.165) is 30.9 Å². The SMILES string of the molecule is C=C(CC1=C(C2=CCCCC2)CCC1=O)C[Si](C)(C)C. The smallest absolute Gasteiger partial charge is 0.159 e. The Balaban J connectivity index is 2.15. The van der Waals surface area contributed by atoms with Gasteiger partial charge < -0.3 is 0 Å². The molecule has 0 aromatic heterocycles. The summed E-state index contributed by atoms with van der Waals surface area (Å²) in [4.78, 5) is 12.2. The van der Waals surface area contributed by atoms with E-state index in [1.54, 1.807) is 0 Å². The molecule has 0 bridgehead atoms. The number of allylic oxidation sites excluding steroid dienone is 5. The Morgan fingerprint density at radius 2 is 1.95 bits per heavy atom. The van der Waals surface area contributed by atoms with Gasteiger partial charge in [-0.3, -0.25) is 4.79 Å². The van der Waals surface area contributed by atoms with Gasteiger partial charge in [0, 0.05) is 20.1 Å². The molecule has 0 atom stereocenters. The Kier molecular flexibility index (Phi) is 4.85. The van der Waals surface area contributed by atoms with Gasteiger partial charge in [-0.2, -0.15) is 0 Å². The summed E-state index contributed by atoms with van der Waals surface area (Å²) in [5.41, 5.74) is 5.22. The van der Waals surface area contributed by atoms with E-state index >= 15 is 0 Å². The van der Waals surface area contributed by atoms with Gasteiger partial charge >= 0.3 is 0 Å². The zero-order chi connectivity index (χ0) is 14.8. The van der Waals surface area contributed by atoms with Gasteiger partial charge in [0.15, 0.2) is 5.78 Å². The second-order valence-corrected chi connectivity index (χ2v) is 13.0. The van der Waals surface area contributed by atoms with Crippen molar-refractivity contribution >= 4 is 13.9 Å². The Morgan fingerprint density at radius 1 is 1.20 bits per heavy atom. The quantitative estimate of drug-likeness (QED) is 0.487. The summed E-state index contributed by atoms with van der Waals surface area (Å²) in [6.07, 6.45) is 9.86. The first kappa shape index (κ1) is 15.5. The van der Waals surface area contributed by atoms with Crippen molar-refractivity contribution < 1.29 is 4.79 Å². The predicted octanol–water partition coefficient (Wildman–Crippen LogP) is 5.43. The van der Waals surface area contributed by atoms with Crippen molar-refractivity contribution in [1.82, 2.24) is 0 Å². The first-order chi connectivity index (χ1) is 9.37. The molecule has 2 heteroatoms. The highest BCUT2D eigenvalue weighted by atomic mass is 28.3. The third-order valence-corrected chi connectivity index (χ3v) is 5.75. The number of rotatable bonds is 5. The van der Waals surface area contributed by atoms with Gasteiger partial charge in [-0.25, -0.2) is 0 Å². The van der Waals surface area contributed by atoms with Crippen LogP contribution in [0.3, 0.4) is 0 Å². The van der Waals surface area contributed by atoms with E-state index in [-0.39, 0.29) is 0 Å². The van der Waals surface area contributed by atoms with Crippen LogP contribution < -0.4 is 0 Å². The summed E-state index contributed by atoms with van der Waals surface area (Å²) < 4.78 is 0. The predicted molar refractivity (Wildman–Crippen MR) is 89.7 cm³/mol. The van der Waals surface area contributed by atoms with Crippen LogP contribution in [-0.2, 0) is 4.79 Å². The molecule has 0 fully saturated rings. The topological polar surface area (TPSA) is 17.1 Å². The fraction of sp³-hybridized carbons (Fsp3) is 0.611. The van der Waals surface area contributed by atoms with Crippen molar-refractivity contribution in [3.8, 4) is 0 Å². The Labute approximate surface area is 124 Å². The molecule has 0 heterocycles. The lowest BCUT2D eigenvalue weighted by atomic mass is 9.90. The number of hydrogen-bond acceptors (Lipinski definition) is 1. The maximum absolute atomic E-state index is 12.2. The molecule has 0 aromatic rings. The maximum atomic E-state index is 12.2. The highest BCUT2D eigenvalue weighted by molar-refractivity contribution is 6.76. The molecule has 2 aliphatic carbocycles. The van der Waals surface area contributed by atoms with E-state index in [4.69, 9.17) is 0 Å². The number of carbonyl (C=O) groups excluding carboxylic acids is 1. The van der Waals surface area contributed by atoms with Crippen LogP contribution in [0.25, 0.3) is 0 Å². The Hall–Kier alpha value is -0.893. The maximum Gasteiger partial charge on any atom is 0.159 e. The molecule has 0 saturated carbocycles. The molecule has 0 saturated heterocycles. The van der Waals surface area contributed by atoms with E-state index in [9.17, 15) is 4.79 Å². The van der Waals surface area contributed by atoms with Crippen LogP contribution in [0, 0.1) is 0 Å². The van der Waals surface area contributed by atoms with Gasteiger partial charge in [0.25, 0.3) is 0 Å². The van der Waals surface area contributed by atoms with E-state index in [1.807, 2.05) is 0 Å². The second-order valence-electron chi connectivity index (χ2n) is 7.52. The molecule has 20 heavy (non-hydrogen) atoms. The summed E-state index contributed by atoms with van der Waals surface area (Å²) in [6.45, 7) is 11.4. The fourth-order valence-corrected chi connectivity index (χ4v) is 5.07. The first-order valence-corrected chi connectivity index (χ1v) is 11.7. The molecule has 1 nitrogen and oxygen atoms in total.